The van der Waals surface area contributed by atoms with Crippen LogP contribution in [-0.4, -0.2) is 31.2 Å². The summed E-state index contributed by atoms with van der Waals surface area (Å²) in [5.41, 5.74) is 0.103. The third-order valence-corrected chi connectivity index (χ3v) is 8.13. The Morgan fingerprint density at radius 3 is 2.00 bits per heavy atom. The lowest BCUT2D eigenvalue weighted by atomic mass is 10.1. The van der Waals surface area contributed by atoms with Gasteiger partial charge in [-0.3, -0.25) is 4.79 Å². The quantitative estimate of drug-likeness (QED) is 0.333. The van der Waals surface area contributed by atoms with Crippen LogP contribution < -0.4 is 14.8 Å². The molecule has 26 heavy (non-hydrogen) atoms. The maximum absolute atomic E-state index is 12.9. The van der Waals surface area contributed by atoms with Gasteiger partial charge in [0, 0.05) is 24.0 Å². The summed E-state index contributed by atoms with van der Waals surface area (Å²) in [5, 5.41) is 12.2. The second-order valence-corrected chi connectivity index (χ2v) is 8.00. The maximum atomic E-state index is 12.9. The molecule has 138 valence electrons. The molecule has 0 saturated heterocycles. The number of rotatable bonds is 5. The second-order valence-electron chi connectivity index (χ2n) is 4.83. The van der Waals surface area contributed by atoms with E-state index >= 15 is 0 Å². The zero-order valence-corrected chi connectivity index (χ0v) is 19.7. The Morgan fingerprint density at radius 1 is 0.923 bits per heavy atom. The van der Waals surface area contributed by atoms with Gasteiger partial charge in [0.1, 0.15) is 11.5 Å². The van der Waals surface area contributed by atoms with Crippen LogP contribution in [0.3, 0.4) is 0 Å². The number of benzene rings is 2. The number of aromatic carboxylic acids is 1. The summed E-state index contributed by atoms with van der Waals surface area (Å²) in [4.78, 5) is 24.6. The van der Waals surface area contributed by atoms with Crippen LogP contribution >= 0.6 is 63.7 Å². The molecular formula is C16H11Br4NO5. The molecular weight excluding hydrogens is 606 g/mol. The van der Waals surface area contributed by atoms with Crippen LogP contribution in [0, 0.1) is 0 Å². The standard InChI is InChI=1S/C16H11Br4NO5/c1-25-6-3-4-8(26-2)7(5-6)21-15(22)9-10(16(23)24)12(18)14(20)13(19)11(9)17/h3-5H,1-2H3,(H,21,22)(H,23,24). The van der Waals surface area contributed by atoms with Crippen molar-refractivity contribution in [3.63, 3.8) is 0 Å². The van der Waals surface area contributed by atoms with E-state index in [1.807, 2.05) is 0 Å². The fraction of sp³-hybridized carbons (Fsp3) is 0.125. The number of hydrogen-bond acceptors (Lipinski definition) is 4. The van der Waals surface area contributed by atoms with Gasteiger partial charge in [0.2, 0.25) is 0 Å². The lowest BCUT2D eigenvalue weighted by Gasteiger charge is -2.16. The van der Waals surface area contributed by atoms with Gasteiger partial charge in [0.05, 0.1) is 31.0 Å². The van der Waals surface area contributed by atoms with E-state index in [9.17, 15) is 14.7 Å². The van der Waals surface area contributed by atoms with E-state index in [4.69, 9.17) is 9.47 Å². The number of amides is 1. The topological polar surface area (TPSA) is 84.9 Å². The lowest BCUT2D eigenvalue weighted by molar-refractivity contribution is 0.0691. The fourth-order valence-corrected chi connectivity index (χ4v) is 4.61. The summed E-state index contributed by atoms with van der Waals surface area (Å²) in [7, 11) is 2.96. The minimum Gasteiger partial charge on any atom is -0.497 e. The van der Waals surface area contributed by atoms with E-state index in [-0.39, 0.29) is 15.6 Å². The van der Waals surface area contributed by atoms with Gasteiger partial charge >= 0.3 is 5.97 Å². The fourth-order valence-electron chi connectivity index (χ4n) is 2.14. The van der Waals surface area contributed by atoms with Crippen molar-refractivity contribution in [2.45, 2.75) is 0 Å². The van der Waals surface area contributed by atoms with Crippen LogP contribution in [-0.2, 0) is 0 Å². The molecule has 0 spiro atoms. The molecule has 10 heteroatoms. The van der Waals surface area contributed by atoms with Crippen molar-refractivity contribution >= 4 is 81.3 Å². The molecule has 0 fully saturated rings. The van der Waals surface area contributed by atoms with E-state index in [0.717, 1.165) is 0 Å². The highest BCUT2D eigenvalue weighted by molar-refractivity contribution is 9.15. The summed E-state index contributed by atoms with van der Waals surface area (Å²) >= 11 is 13.1. The number of nitrogens with one attached hydrogen (secondary N) is 1. The first-order chi connectivity index (χ1) is 12.2. The third kappa shape index (κ3) is 4.08. The number of hydrogen-bond donors (Lipinski definition) is 2. The first kappa shape index (κ1) is 21.2. The van der Waals surface area contributed by atoms with Gasteiger partial charge in [0.25, 0.3) is 5.91 Å². The van der Waals surface area contributed by atoms with E-state index < -0.39 is 11.9 Å². The molecule has 2 rings (SSSR count). The molecule has 0 aromatic heterocycles. The highest BCUT2D eigenvalue weighted by Gasteiger charge is 2.28. The average molecular weight is 617 g/mol. The number of carbonyl (C=O) groups excluding carboxylic acids is 1. The van der Waals surface area contributed by atoms with Crippen LogP contribution in [0.5, 0.6) is 11.5 Å². The zero-order valence-electron chi connectivity index (χ0n) is 13.3. The van der Waals surface area contributed by atoms with E-state index in [2.05, 4.69) is 69.0 Å². The minimum absolute atomic E-state index is 0.0516. The van der Waals surface area contributed by atoms with Crippen molar-refractivity contribution in [2.75, 3.05) is 19.5 Å². The van der Waals surface area contributed by atoms with Crippen molar-refractivity contribution in [3.05, 3.63) is 47.2 Å². The normalized spacial score (nSPS) is 10.4. The molecule has 0 aliphatic carbocycles. The largest absolute Gasteiger partial charge is 0.497 e. The van der Waals surface area contributed by atoms with Gasteiger partial charge in [0.15, 0.2) is 0 Å². The van der Waals surface area contributed by atoms with Gasteiger partial charge in [-0.05, 0) is 75.9 Å². The van der Waals surface area contributed by atoms with E-state index in [1.165, 1.54) is 14.2 Å². The van der Waals surface area contributed by atoms with Crippen LogP contribution in [0.25, 0.3) is 0 Å². The van der Waals surface area contributed by atoms with Crippen LogP contribution in [0.1, 0.15) is 20.7 Å². The first-order valence-electron chi connectivity index (χ1n) is 6.85. The summed E-state index contributed by atoms with van der Waals surface area (Å²) in [6.45, 7) is 0. The predicted molar refractivity (Wildman–Crippen MR) is 112 cm³/mol. The van der Waals surface area contributed by atoms with Gasteiger partial charge in [-0.2, -0.15) is 0 Å². The molecule has 0 unspecified atom stereocenters. The maximum Gasteiger partial charge on any atom is 0.337 e. The number of methoxy groups -OCH3 is 2. The minimum atomic E-state index is -1.26. The Kier molecular flexibility index (Phi) is 7.12. The number of carboxylic acid groups (broad SMARTS) is 1. The predicted octanol–water partition coefficient (Wildman–Crippen LogP) is 5.70. The number of carboxylic acids is 1. The number of anilines is 1. The summed E-state index contributed by atoms with van der Waals surface area (Å²) in [6.07, 6.45) is 0. The smallest absolute Gasteiger partial charge is 0.337 e. The molecule has 0 atom stereocenters. The van der Waals surface area contributed by atoms with Crippen LogP contribution in [0.4, 0.5) is 5.69 Å². The number of carbonyl (C=O) groups is 2. The van der Waals surface area contributed by atoms with Crippen molar-refractivity contribution in [3.8, 4) is 11.5 Å². The third-order valence-electron chi connectivity index (χ3n) is 3.36. The van der Waals surface area contributed by atoms with Gasteiger partial charge in [-0.1, -0.05) is 0 Å². The van der Waals surface area contributed by atoms with E-state index in [0.29, 0.717) is 30.6 Å². The lowest BCUT2D eigenvalue weighted by Crippen LogP contribution is -2.19. The molecule has 2 N–H and O–H groups in total. The second kappa shape index (κ2) is 8.73. The first-order valence-corrected chi connectivity index (χ1v) is 10.0. The van der Waals surface area contributed by atoms with Crippen molar-refractivity contribution in [1.29, 1.82) is 0 Å². The Balaban J connectivity index is 2.60. The molecule has 6 nitrogen and oxygen atoms in total. The summed E-state index contributed by atoms with van der Waals surface area (Å²) < 4.78 is 11.9. The highest BCUT2D eigenvalue weighted by Crippen LogP contribution is 2.42. The van der Waals surface area contributed by atoms with Crippen molar-refractivity contribution in [1.82, 2.24) is 0 Å². The molecule has 2 aromatic rings. The van der Waals surface area contributed by atoms with Crippen LogP contribution in [0.15, 0.2) is 36.1 Å². The average Bonchev–Trinajstić information content (AvgIpc) is 2.62. The molecule has 0 radical (unpaired) electrons. The monoisotopic (exact) mass is 613 g/mol. The molecule has 0 aliphatic rings. The molecule has 2 aromatic carbocycles. The Labute approximate surface area is 182 Å². The van der Waals surface area contributed by atoms with Gasteiger partial charge < -0.3 is 19.9 Å². The van der Waals surface area contributed by atoms with Crippen molar-refractivity contribution in [2.24, 2.45) is 0 Å². The SMILES string of the molecule is COc1ccc(OC)c(NC(=O)c2c(Br)c(Br)c(Br)c(Br)c2C(=O)O)c1. The molecule has 0 heterocycles. The zero-order chi connectivity index (χ0) is 19.6. The van der Waals surface area contributed by atoms with E-state index in [1.54, 1.807) is 18.2 Å². The Morgan fingerprint density at radius 2 is 1.50 bits per heavy atom. The Bertz CT molecular complexity index is 901. The number of ether oxygens (including phenoxy) is 2. The van der Waals surface area contributed by atoms with Crippen LogP contribution in [0.2, 0.25) is 0 Å². The summed E-state index contributed by atoms with van der Waals surface area (Å²) in [5.74, 6) is -0.970. The molecule has 0 bridgehead atoms. The molecule has 1 amide bonds. The highest BCUT2D eigenvalue weighted by atomic mass is 79.9. The Hall–Kier alpha value is -1.10. The van der Waals surface area contributed by atoms with Crippen molar-refractivity contribution < 1.29 is 24.2 Å². The molecule has 0 aliphatic heterocycles. The van der Waals surface area contributed by atoms with Gasteiger partial charge in [-0.25, -0.2) is 4.79 Å². The van der Waals surface area contributed by atoms with Gasteiger partial charge in [-0.15, -0.1) is 0 Å². The molecule has 0 saturated carbocycles. The number of halogens is 4. The summed E-state index contributed by atoms with van der Waals surface area (Å²) in [6, 6.07) is 4.89.